The number of nitrogens with one attached hydrogen (secondary N) is 2. The molecular formula is C18H21ClN2O3. The van der Waals surface area contributed by atoms with Gasteiger partial charge in [-0.3, -0.25) is 4.79 Å². The first kappa shape index (κ1) is 18.3. The minimum Gasteiger partial charge on any atom is -0.457 e. The minimum absolute atomic E-state index is 0. The Morgan fingerprint density at radius 3 is 2.50 bits per heavy atom. The molecule has 1 aliphatic rings. The van der Waals surface area contributed by atoms with E-state index in [1.807, 2.05) is 54.6 Å². The van der Waals surface area contributed by atoms with E-state index >= 15 is 0 Å². The molecule has 2 N–H and O–H groups in total. The molecular weight excluding hydrogens is 328 g/mol. The molecule has 0 aromatic heterocycles. The highest BCUT2D eigenvalue weighted by molar-refractivity contribution is 5.91. The normalized spacial score (nSPS) is 16.8. The van der Waals surface area contributed by atoms with Crippen LogP contribution in [0.4, 0.5) is 5.69 Å². The summed E-state index contributed by atoms with van der Waals surface area (Å²) in [4.78, 5) is 12.0. The Morgan fingerprint density at radius 1 is 1.12 bits per heavy atom. The summed E-state index contributed by atoms with van der Waals surface area (Å²) in [6.07, 6.45) is 0.305. The minimum atomic E-state index is -0.0514. The molecule has 1 atom stereocenters. The van der Waals surface area contributed by atoms with E-state index in [0.29, 0.717) is 13.0 Å². The number of morpholine rings is 1. The van der Waals surface area contributed by atoms with E-state index < -0.39 is 0 Å². The number of anilines is 1. The van der Waals surface area contributed by atoms with Crippen LogP contribution in [0.15, 0.2) is 54.6 Å². The van der Waals surface area contributed by atoms with E-state index in [1.165, 1.54) is 0 Å². The maximum atomic E-state index is 12.0. The molecule has 3 rings (SSSR count). The number of benzene rings is 2. The van der Waals surface area contributed by atoms with Crippen molar-refractivity contribution >= 4 is 24.0 Å². The molecule has 6 heteroatoms. The molecule has 5 nitrogen and oxygen atoms in total. The van der Waals surface area contributed by atoms with Gasteiger partial charge in [0.15, 0.2) is 0 Å². The average Bonchev–Trinajstić information content (AvgIpc) is 2.58. The lowest BCUT2D eigenvalue weighted by Gasteiger charge is -2.23. The largest absolute Gasteiger partial charge is 0.457 e. The van der Waals surface area contributed by atoms with Gasteiger partial charge in [0.25, 0.3) is 0 Å². The Morgan fingerprint density at radius 2 is 1.83 bits per heavy atom. The molecule has 2 aromatic rings. The Bertz CT molecular complexity index is 628. The van der Waals surface area contributed by atoms with Gasteiger partial charge in [0.1, 0.15) is 11.5 Å². The van der Waals surface area contributed by atoms with Crippen molar-refractivity contribution in [3.05, 3.63) is 54.6 Å². The molecule has 0 radical (unpaired) electrons. The van der Waals surface area contributed by atoms with Crippen LogP contribution < -0.4 is 15.4 Å². The second-order valence-electron chi connectivity index (χ2n) is 5.39. The molecule has 24 heavy (non-hydrogen) atoms. The van der Waals surface area contributed by atoms with E-state index in [1.54, 1.807) is 0 Å². The third-order valence-corrected chi connectivity index (χ3v) is 3.53. The second-order valence-corrected chi connectivity index (χ2v) is 5.39. The van der Waals surface area contributed by atoms with Gasteiger partial charge in [0.2, 0.25) is 5.91 Å². The predicted octanol–water partition coefficient (Wildman–Crippen LogP) is 3.22. The zero-order valence-corrected chi connectivity index (χ0v) is 14.1. The van der Waals surface area contributed by atoms with E-state index in [4.69, 9.17) is 9.47 Å². The Kier molecular flexibility index (Phi) is 7.06. The van der Waals surface area contributed by atoms with Crippen LogP contribution in [0.25, 0.3) is 0 Å². The topological polar surface area (TPSA) is 59.6 Å². The summed E-state index contributed by atoms with van der Waals surface area (Å²) in [7, 11) is 0. The fourth-order valence-corrected chi connectivity index (χ4v) is 2.40. The number of hydrogen-bond acceptors (Lipinski definition) is 4. The molecule has 0 saturated carbocycles. The van der Waals surface area contributed by atoms with Crippen LogP contribution in [0.5, 0.6) is 11.5 Å². The molecule has 128 valence electrons. The van der Waals surface area contributed by atoms with Crippen LogP contribution in [-0.4, -0.2) is 31.7 Å². The number of carbonyl (C=O) groups excluding carboxylic acids is 1. The number of halogens is 1. The van der Waals surface area contributed by atoms with Crippen LogP contribution in [0, 0.1) is 0 Å². The van der Waals surface area contributed by atoms with Crippen molar-refractivity contribution in [2.45, 2.75) is 12.5 Å². The zero-order valence-electron chi connectivity index (χ0n) is 13.2. The number of rotatable bonds is 5. The maximum absolute atomic E-state index is 12.0. The van der Waals surface area contributed by atoms with Gasteiger partial charge in [-0.15, -0.1) is 12.4 Å². The van der Waals surface area contributed by atoms with Crippen LogP contribution >= 0.6 is 12.4 Å². The van der Waals surface area contributed by atoms with Crippen molar-refractivity contribution in [3.8, 4) is 11.5 Å². The molecule has 1 amide bonds. The highest BCUT2D eigenvalue weighted by Crippen LogP contribution is 2.22. The first-order valence-electron chi connectivity index (χ1n) is 7.75. The predicted molar refractivity (Wildman–Crippen MR) is 96.1 cm³/mol. The molecule has 1 unspecified atom stereocenters. The number of ether oxygens (including phenoxy) is 2. The number of para-hydroxylation sites is 1. The van der Waals surface area contributed by atoms with E-state index in [2.05, 4.69) is 10.6 Å². The van der Waals surface area contributed by atoms with Crippen LogP contribution in [0.3, 0.4) is 0 Å². The summed E-state index contributed by atoms with van der Waals surface area (Å²) in [5, 5.41) is 6.09. The van der Waals surface area contributed by atoms with Crippen molar-refractivity contribution in [1.82, 2.24) is 5.32 Å². The summed E-state index contributed by atoms with van der Waals surface area (Å²) in [6, 6.07) is 16.9. The SMILES string of the molecule is Cl.O=C(CC1CNCCO1)Nc1ccc(Oc2ccccc2)cc1. The molecule has 0 bridgehead atoms. The lowest BCUT2D eigenvalue weighted by Crippen LogP contribution is -2.40. The number of carbonyl (C=O) groups is 1. The van der Waals surface area contributed by atoms with Crippen LogP contribution in [-0.2, 0) is 9.53 Å². The maximum Gasteiger partial charge on any atom is 0.227 e. The van der Waals surface area contributed by atoms with Crippen LogP contribution in [0.1, 0.15) is 6.42 Å². The smallest absolute Gasteiger partial charge is 0.227 e. The van der Waals surface area contributed by atoms with E-state index in [0.717, 1.165) is 30.3 Å². The summed E-state index contributed by atoms with van der Waals surface area (Å²) in [6.45, 7) is 2.22. The van der Waals surface area contributed by atoms with Crippen molar-refractivity contribution < 1.29 is 14.3 Å². The van der Waals surface area contributed by atoms with E-state index in [9.17, 15) is 4.79 Å². The third kappa shape index (κ3) is 5.53. The molecule has 0 aliphatic carbocycles. The van der Waals surface area contributed by atoms with E-state index in [-0.39, 0.29) is 24.4 Å². The van der Waals surface area contributed by atoms with Gasteiger partial charge < -0.3 is 20.1 Å². The average molecular weight is 349 g/mol. The lowest BCUT2D eigenvalue weighted by molar-refractivity contribution is -0.119. The van der Waals surface area contributed by atoms with Crippen molar-refractivity contribution in [2.24, 2.45) is 0 Å². The standard InChI is InChI=1S/C18H20N2O3.ClH/c21-18(12-17-13-19-10-11-22-17)20-14-6-8-16(9-7-14)23-15-4-2-1-3-5-15;/h1-9,17,19H,10-13H2,(H,20,21);1H. The third-order valence-electron chi connectivity index (χ3n) is 3.53. The van der Waals surface area contributed by atoms with Gasteiger partial charge in [-0.2, -0.15) is 0 Å². The van der Waals surface area contributed by atoms with Gasteiger partial charge in [-0.25, -0.2) is 0 Å². The van der Waals surface area contributed by atoms with Gasteiger partial charge >= 0.3 is 0 Å². The van der Waals surface area contributed by atoms with Crippen molar-refractivity contribution in [1.29, 1.82) is 0 Å². The first-order valence-corrected chi connectivity index (χ1v) is 7.75. The van der Waals surface area contributed by atoms with Gasteiger partial charge in [-0.05, 0) is 36.4 Å². The molecule has 2 aromatic carbocycles. The fraction of sp³-hybridized carbons (Fsp3) is 0.278. The highest BCUT2D eigenvalue weighted by Gasteiger charge is 2.17. The summed E-state index contributed by atoms with van der Waals surface area (Å²) in [5.41, 5.74) is 0.749. The Balaban J connectivity index is 0.00000208. The van der Waals surface area contributed by atoms with Crippen molar-refractivity contribution in [2.75, 3.05) is 25.0 Å². The Labute approximate surface area is 147 Å². The van der Waals surface area contributed by atoms with Crippen LogP contribution in [0.2, 0.25) is 0 Å². The summed E-state index contributed by atoms with van der Waals surface area (Å²) < 4.78 is 11.2. The lowest BCUT2D eigenvalue weighted by atomic mass is 10.2. The number of amides is 1. The van der Waals surface area contributed by atoms with Crippen molar-refractivity contribution in [3.63, 3.8) is 0 Å². The van der Waals surface area contributed by atoms with Gasteiger partial charge in [-0.1, -0.05) is 18.2 Å². The molecule has 1 fully saturated rings. The molecule has 1 heterocycles. The number of hydrogen-bond donors (Lipinski definition) is 2. The fourth-order valence-electron chi connectivity index (χ4n) is 2.40. The Hall–Kier alpha value is -2.08. The zero-order chi connectivity index (χ0) is 15.9. The second kappa shape index (κ2) is 9.27. The molecule has 1 saturated heterocycles. The highest BCUT2D eigenvalue weighted by atomic mass is 35.5. The monoisotopic (exact) mass is 348 g/mol. The first-order chi connectivity index (χ1) is 11.3. The van der Waals surface area contributed by atoms with Gasteiger partial charge in [0.05, 0.1) is 19.1 Å². The summed E-state index contributed by atoms with van der Waals surface area (Å²) >= 11 is 0. The van der Waals surface area contributed by atoms with Gasteiger partial charge in [0, 0.05) is 18.8 Å². The quantitative estimate of drug-likeness (QED) is 0.871. The summed E-state index contributed by atoms with van der Waals surface area (Å²) in [5.74, 6) is 1.47. The molecule has 0 spiro atoms. The molecule has 1 aliphatic heterocycles.